The largest absolute Gasteiger partial charge is 0.324 e. The van der Waals surface area contributed by atoms with Gasteiger partial charge in [-0.1, -0.05) is 0 Å². The van der Waals surface area contributed by atoms with Crippen LogP contribution in [0.3, 0.4) is 0 Å². The lowest BCUT2D eigenvalue weighted by Gasteiger charge is -2.10. The smallest absolute Gasteiger partial charge is 0.244 e. The topological polar surface area (TPSA) is 80.9 Å². The van der Waals surface area contributed by atoms with Gasteiger partial charge in [-0.15, -0.1) is 12.4 Å². The molecule has 1 heterocycles. The molecule has 1 amide bonds. The van der Waals surface area contributed by atoms with Gasteiger partial charge >= 0.3 is 0 Å². The Morgan fingerprint density at radius 2 is 1.89 bits per heavy atom. The predicted octanol–water partition coefficient (Wildman–Crippen LogP) is 1.48. The Hall–Kier alpha value is -1.72. The number of hydrogen-bond acceptors (Lipinski definition) is 4. The Labute approximate surface area is 110 Å². The molecule has 0 bridgehead atoms. The molecule has 0 aliphatic heterocycles. The van der Waals surface area contributed by atoms with Gasteiger partial charge in [0.25, 0.3) is 0 Å². The lowest BCUT2D eigenvalue weighted by Crippen LogP contribution is -2.37. The summed E-state index contributed by atoms with van der Waals surface area (Å²) in [4.78, 5) is 20.1. The minimum absolute atomic E-state index is 0. The van der Waals surface area contributed by atoms with Crippen LogP contribution in [0.2, 0.25) is 0 Å². The summed E-state index contributed by atoms with van der Waals surface area (Å²) in [5.41, 5.74) is 7.42. The molecule has 1 aliphatic rings. The second-order valence-corrected chi connectivity index (χ2v) is 4.37. The quantitative estimate of drug-likeness (QED) is 0.861. The van der Waals surface area contributed by atoms with Crippen LogP contribution < -0.4 is 11.1 Å². The molecular formula is C12H13ClN4O. The third-order valence-corrected chi connectivity index (χ3v) is 2.97. The first-order valence-corrected chi connectivity index (χ1v) is 5.48. The number of carbonyl (C=O) groups is 1. The first-order chi connectivity index (χ1) is 8.17. The third-order valence-electron chi connectivity index (χ3n) is 2.97. The second kappa shape index (κ2) is 4.51. The number of fused-ring (bicyclic) bond motifs is 1. The van der Waals surface area contributed by atoms with Gasteiger partial charge in [0.05, 0.1) is 16.6 Å². The van der Waals surface area contributed by atoms with Gasteiger partial charge in [-0.3, -0.25) is 14.8 Å². The van der Waals surface area contributed by atoms with Crippen LogP contribution in [0.25, 0.3) is 11.0 Å². The average molecular weight is 265 g/mol. The van der Waals surface area contributed by atoms with E-state index in [2.05, 4.69) is 15.3 Å². The highest BCUT2D eigenvalue weighted by Crippen LogP contribution is 2.33. The molecule has 0 saturated heterocycles. The van der Waals surface area contributed by atoms with Crippen molar-refractivity contribution in [3.63, 3.8) is 0 Å². The standard InChI is InChI=1S/C12H12N4O.ClH/c13-12(3-4-12)11(17)16-8-1-2-9-10(7-8)15-6-5-14-9;/h1-2,5-7H,3-4,13H2,(H,16,17);1H. The Kier molecular flexibility index (Phi) is 3.19. The van der Waals surface area contributed by atoms with Gasteiger partial charge in [-0.05, 0) is 31.0 Å². The Bertz CT molecular complexity index is 597. The van der Waals surface area contributed by atoms with E-state index in [4.69, 9.17) is 5.73 Å². The maximum atomic E-state index is 11.8. The number of aromatic nitrogens is 2. The summed E-state index contributed by atoms with van der Waals surface area (Å²) >= 11 is 0. The highest BCUT2D eigenvalue weighted by molar-refractivity contribution is 6.00. The zero-order valence-electron chi connectivity index (χ0n) is 9.59. The van der Waals surface area contributed by atoms with Crippen molar-refractivity contribution in [1.29, 1.82) is 0 Å². The predicted molar refractivity (Wildman–Crippen MR) is 71.6 cm³/mol. The SMILES string of the molecule is Cl.NC1(C(=O)Nc2ccc3nccnc3c2)CC1. The molecule has 1 aromatic carbocycles. The van der Waals surface area contributed by atoms with E-state index >= 15 is 0 Å². The first kappa shape index (κ1) is 12.7. The fourth-order valence-electron chi connectivity index (χ4n) is 1.66. The summed E-state index contributed by atoms with van der Waals surface area (Å²) in [6.45, 7) is 0. The molecule has 1 saturated carbocycles. The van der Waals surface area contributed by atoms with Crippen LogP contribution in [0.5, 0.6) is 0 Å². The highest BCUT2D eigenvalue weighted by atomic mass is 35.5. The minimum atomic E-state index is -0.655. The van der Waals surface area contributed by atoms with Crippen LogP contribution in [0, 0.1) is 0 Å². The van der Waals surface area contributed by atoms with E-state index in [0.717, 1.165) is 23.9 Å². The number of anilines is 1. The maximum absolute atomic E-state index is 11.8. The molecule has 94 valence electrons. The van der Waals surface area contributed by atoms with E-state index in [1.54, 1.807) is 24.5 Å². The van der Waals surface area contributed by atoms with Crippen molar-refractivity contribution in [2.75, 3.05) is 5.32 Å². The molecule has 1 aliphatic carbocycles. The molecule has 5 nitrogen and oxygen atoms in total. The zero-order valence-corrected chi connectivity index (χ0v) is 10.4. The van der Waals surface area contributed by atoms with Gasteiger partial charge in [0, 0.05) is 18.1 Å². The summed E-state index contributed by atoms with van der Waals surface area (Å²) in [5, 5.41) is 2.80. The number of amides is 1. The van der Waals surface area contributed by atoms with Gasteiger partial charge in [-0.2, -0.15) is 0 Å². The van der Waals surface area contributed by atoms with Crippen molar-refractivity contribution in [3.05, 3.63) is 30.6 Å². The van der Waals surface area contributed by atoms with E-state index in [1.807, 2.05) is 6.07 Å². The molecule has 0 unspecified atom stereocenters. The number of nitrogens with two attached hydrogens (primary N) is 1. The number of halogens is 1. The van der Waals surface area contributed by atoms with Gasteiger partial charge < -0.3 is 11.1 Å². The summed E-state index contributed by atoms with van der Waals surface area (Å²) in [6.07, 6.45) is 4.78. The normalized spacial score (nSPS) is 15.8. The molecule has 6 heteroatoms. The number of hydrogen-bond donors (Lipinski definition) is 2. The monoisotopic (exact) mass is 264 g/mol. The van der Waals surface area contributed by atoms with E-state index < -0.39 is 5.54 Å². The van der Waals surface area contributed by atoms with Crippen molar-refractivity contribution in [1.82, 2.24) is 9.97 Å². The number of nitrogens with one attached hydrogen (secondary N) is 1. The van der Waals surface area contributed by atoms with Crippen molar-refractivity contribution in [2.45, 2.75) is 18.4 Å². The highest BCUT2D eigenvalue weighted by Gasteiger charge is 2.45. The van der Waals surface area contributed by atoms with E-state index in [0.29, 0.717) is 5.69 Å². The second-order valence-electron chi connectivity index (χ2n) is 4.37. The minimum Gasteiger partial charge on any atom is -0.324 e. The lowest BCUT2D eigenvalue weighted by molar-refractivity contribution is -0.118. The summed E-state index contributed by atoms with van der Waals surface area (Å²) in [7, 11) is 0. The maximum Gasteiger partial charge on any atom is 0.244 e. The number of carbonyl (C=O) groups excluding carboxylic acids is 1. The molecule has 3 N–H and O–H groups in total. The van der Waals surface area contributed by atoms with Crippen molar-refractivity contribution >= 4 is 35.0 Å². The molecule has 2 aromatic rings. The van der Waals surface area contributed by atoms with Crippen molar-refractivity contribution < 1.29 is 4.79 Å². The Morgan fingerprint density at radius 3 is 2.56 bits per heavy atom. The van der Waals surface area contributed by atoms with Crippen LogP contribution >= 0.6 is 12.4 Å². The molecule has 1 aromatic heterocycles. The van der Waals surface area contributed by atoms with Crippen molar-refractivity contribution in [2.24, 2.45) is 5.73 Å². The molecular weight excluding hydrogens is 252 g/mol. The van der Waals surface area contributed by atoms with Crippen LogP contribution in [0.15, 0.2) is 30.6 Å². The van der Waals surface area contributed by atoms with Crippen LogP contribution in [-0.2, 0) is 4.79 Å². The first-order valence-electron chi connectivity index (χ1n) is 5.48. The fourth-order valence-corrected chi connectivity index (χ4v) is 1.66. The van der Waals surface area contributed by atoms with E-state index in [9.17, 15) is 4.79 Å². The van der Waals surface area contributed by atoms with Crippen LogP contribution in [0.1, 0.15) is 12.8 Å². The molecule has 1 fully saturated rings. The van der Waals surface area contributed by atoms with E-state index in [1.165, 1.54) is 0 Å². The molecule has 0 radical (unpaired) electrons. The molecule has 0 spiro atoms. The molecule has 3 rings (SSSR count). The fraction of sp³-hybridized carbons (Fsp3) is 0.250. The van der Waals surface area contributed by atoms with Crippen LogP contribution in [-0.4, -0.2) is 21.4 Å². The number of nitrogens with zero attached hydrogens (tertiary/aromatic N) is 2. The molecule has 18 heavy (non-hydrogen) atoms. The Balaban J connectivity index is 0.00000120. The molecule has 0 atom stereocenters. The van der Waals surface area contributed by atoms with Gasteiger partial charge in [-0.25, -0.2) is 0 Å². The van der Waals surface area contributed by atoms with Crippen LogP contribution in [0.4, 0.5) is 5.69 Å². The van der Waals surface area contributed by atoms with Gasteiger partial charge in [0.1, 0.15) is 0 Å². The third kappa shape index (κ3) is 2.27. The summed E-state index contributed by atoms with van der Waals surface area (Å²) in [5.74, 6) is -0.124. The van der Waals surface area contributed by atoms with Crippen molar-refractivity contribution in [3.8, 4) is 0 Å². The van der Waals surface area contributed by atoms with Gasteiger partial charge in [0.2, 0.25) is 5.91 Å². The summed E-state index contributed by atoms with van der Waals surface area (Å²) in [6, 6.07) is 5.43. The zero-order chi connectivity index (χ0) is 11.9. The number of rotatable bonds is 2. The number of benzene rings is 1. The Morgan fingerprint density at radius 1 is 1.22 bits per heavy atom. The lowest BCUT2D eigenvalue weighted by atomic mass is 10.2. The summed E-state index contributed by atoms with van der Waals surface area (Å²) < 4.78 is 0. The van der Waals surface area contributed by atoms with E-state index in [-0.39, 0.29) is 18.3 Å². The average Bonchev–Trinajstić information content (AvgIpc) is 3.09. The van der Waals surface area contributed by atoms with Gasteiger partial charge in [0.15, 0.2) is 0 Å².